The van der Waals surface area contributed by atoms with Crippen molar-refractivity contribution in [2.75, 3.05) is 32.8 Å². The van der Waals surface area contributed by atoms with Crippen molar-refractivity contribution in [3.05, 3.63) is 48.0 Å². The van der Waals surface area contributed by atoms with E-state index in [4.69, 9.17) is 14.2 Å². The predicted octanol–water partition coefficient (Wildman–Crippen LogP) is 3.40. The van der Waals surface area contributed by atoms with Crippen LogP contribution >= 0.6 is 11.8 Å². The highest BCUT2D eigenvalue weighted by atomic mass is 32.2. The van der Waals surface area contributed by atoms with Gasteiger partial charge in [-0.2, -0.15) is 0 Å². The van der Waals surface area contributed by atoms with Crippen LogP contribution in [0.5, 0.6) is 11.5 Å². The van der Waals surface area contributed by atoms with Gasteiger partial charge in [0, 0.05) is 18.4 Å². The molecule has 0 bridgehead atoms. The van der Waals surface area contributed by atoms with Gasteiger partial charge in [-0.3, -0.25) is 9.59 Å². The average Bonchev–Trinajstić information content (AvgIpc) is 2.74. The minimum absolute atomic E-state index is 0.102. The Balaban J connectivity index is 1.59. The van der Waals surface area contributed by atoms with Crippen LogP contribution in [0.3, 0.4) is 0 Å². The molecule has 0 aliphatic carbocycles. The number of hydrogen-bond acceptors (Lipinski definition) is 6. The van der Waals surface area contributed by atoms with Gasteiger partial charge in [0.1, 0.15) is 6.61 Å². The van der Waals surface area contributed by atoms with E-state index < -0.39 is 5.25 Å². The summed E-state index contributed by atoms with van der Waals surface area (Å²) in [7, 11) is 3.19. The molecule has 2 aromatic carbocycles. The van der Waals surface area contributed by atoms with E-state index in [1.165, 1.54) is 11.8 Å². The van der Waals surface area contributed by atoms with E-state index in [1.54, 1.807) is 14.2 Å². The fraction of sp³-hybridized carbons (Fsp3) is 0.364. The second-order valence-electron chi connectivity index (χ2n) is 6.84. The van der Waals surface area contributed by atoms with Crippen molar-refractivity contribution in [3.8, 4) is 11.5 Å². The Labute approximate surface area is 180 Å². The van der Waals surface area contributed by atoms with Gasteiger partial charge in [0.25, 0.3) is 0 Å². The summed E-state index contributed by atoms with van der Waals surface area (Å²) >= 11 is 1.41. The van der Waals surface area contributed by atoms with Crippen molar-refractivity contribution >= 4 is 29.3 Å². The van der Waals surface area contributed by atoms with Gasteiger partial charge in [0.2, 0.25) is 11.8 Å². The predicted molar refractivity (Wildman–Crippen MR) is 116 cm³/mol. The molecule has 0 saturated heterocycles. The maximum Gasteiger partial charge on any atom is 0.238 e. The van der Waals surface area contributed by atoms with Crippen molar-refractivity contribution in [3.63, 3.8) is 0 Å². The minimum Gasteiger partial charge on any atom is -0.493 e. The second-order valence-corrected chi connectivity index (χ2v) is 8.08. The van der Waals surface area contributed by atoms with Crippen LogP contribution in [0.15, 0.2) is 47.4 Å². The molecule has 160 valence electrons. The Hall–Kier alpha value is -2.71. The highest BCUT2D eigenvalue weighted by Gasteiger charge is 2.29. The van der Waals surface area contributed by atoms with Gasteiger partial charge in [0.15, 0.2) is 11.5 Å². The first-order chi connectivity index (χ1) is 14.5. The number of nitrogens with one attached hydrogen (secondary N) is 2. The molecule has 0 aromatic heterocycles. The molecule has 30 heavy (non-hydrogen) atoms. The van der Waals surface area contributed by atoms with E-state index >= 15 is 0 Å². The number of fused-ring (bicyclic) bond motifs is 1. The normalized spacial score (nSPS) is 16.2. The number of hydrogen-bond donors (Lipinski definition) is 2. The van der Waals surface area contributed by atoms with Crippen LogP contribution in [0.2, 0.25) is 0 Å². The van der Waals surface area contributed by atoms with Gasteiger partial charge >= 0.3 is 0 Å². The van der Waals surface area contributed by atoms with E-state index in [-0.39, 0.29) is 24.3 Å². The summed E-state index contributed by atoms with van der Waals surface area (Å²) in [5, 5.41) is 5.37. The molecule has 2 atom stereocenters. The molecular weight excluding hydrogens is 404 g/mol. The fourth-order valence-electron chi connectivity index (χ4n) is 3.09. The summed E-state index contributed by atoms with van der Waals surface area (Å²) in [6.07, 6.45) is 0.102. The third kappa shape index (κ3) is 5.46. The van der Waals surface area contributed by atoms with Crippen LogP contribution in [-0.2, 0) is 14.3 Å². The third-order valence-corrected chi connectivity index (χ3v) is 5.96. The molecule has 2 N–H and O–H groups in total. The SMILES string of the molecule is COCCOc1ccc(C(C)NC(=O)CC2Sc3ccccc3NC2=O)cc1OC. The third-order valence-electron chi connectivity index (χ3n) is 4.69. The molecule has 0 radical (unpaired) electrons. The van der Waals surface area contributed by atoms with Crippen molar-refractivity contribution in [2.45, 2.75) is 29.5 Å². The van der Waals surface area contributed by atoms with Crippen molar-refractivity contribution in [2.24, 2.45) is 0 Å². The largest absolute Gasteiger partial charge is 0.493 e. The lowest BCUT2D eigenvalue weighted by Crippen LogP contribution is -2.35. The van der Waals surface area contributed by atoms with Gasteiger partial charge in [-0.15, -0.1) is 11.8 Å². The number of carbonyl (C=O) groups excluding carboxylic acids is 2. The Morgan fingerprint density at radius 1 is 1.17 bits per heavy atom. The number of rotatable bonds is 9. The van der Waals surface area contributed by atoms with Gasteiger partial charge in [-0.05, 0) is 36.8 Å². The van der Waals surface area contributed by atoms with Crippen LogP contribution in [0, 0.1) is 0 Å². The van der Waals surface area contributed by atoms with E-state index in [2.05, 4.69) is 10.6 Å². The van der Waals surface area contributed by atoms with Crippen LogP contribution in [0.4, 0.5) is 5.69 Å². The monoisotopic (exact) mass is 430 g/mol. The van der Waals surface area contributed by atoms with E-state index in [0.29, 0.717) is 24.7 Å². The number of anilines is 1. The number of methoxy groups -OCH3 is 2. The van der Waals surface area contributed by atoms with Gasteiger partial charge < -0.3 is 24.8 Å². The Bertz CT molecular complexity index is 905. The summed E-state index contributed by atoms with van der Waals surface area (Å²) in [5.41, 5.74) is 1.67. The molecule has 1 heterocycles. The number of ether oxygens (including phenoxy) is 3. The van der Waals surface area contributed by atoms with E-state index in [0.717, 1.165) is 16.1 Å². The molecule has 0 saturated carbocycles. The second kappa shape index (κ2) is 10.4. The molecular formula is C22H26N2O5S. The van der Waals surface area contributed by atoms with Crippen molar-refractivity contribution in [1.29, 1.82) is 0 Å². The van der Waals surface area contributed by atoms with Crippen molar-refractivity contribution < 1.29 is 23.8 Å². The quantitative estimate of drug-likeness (QED) is 0.593. The lowest BCUT2D eigenvalue weighted by molar-refractivity contribution is -0.124. The zero-order valence-corrected chi connectivity index (χ0v) is 18.1. The molecule has 2 unspecified atom stereocenters. The van der Waals surface area contributed by atoms with Crippen molar-refractivity contribution in [1.82, 2.24) is 5.32 Å². The van der Waals surface area contributed by atoms with Crippen LogP contribution < -0.4 is 20.1 Å². The van der Waals surface area contributed by atoms with Gasteiger partial charge in [-0.25, -0.2) is 0 Å². The molecule has 2 amide bonds. The van der Waals surface area contributed by atoms with Crippen LogP contribution in [-0.4, -0.2) is 44.5 Å². The maximum absolute atomic E-state index is 12.6. The maximum atomic E-state index is 12.6. The molecule has 0 spiro atoms. The van der Waals surface area contributed by atoms with Gasteiger partial charge in [-0.1, -0.05) is 18.2 Å². The fourth-order valence-corrected chi connectivity index (χ4v) is 4.20. The van der Waals surface area contributed by atoms with Crippen LogP contribution in [0.25, 0.3) is 0 Å². The summed E-state index contributed by atoms with van der Waals surface area (Å²) in [6, 6.07) is 12.9. The lowest BCUT2D eigenvalue weighted by Gasteiger charge is -2.24. The Morgan fingerprint density at radius 2 is 1.97 bits per heavy atom. The molecule has 8 heteroatoms. The number of amides is 2. The summed E-state index contributed by atoms with van der Waals surface area (Å²) in [5.74, 6) is 0.865. The summed E-state index contributed by atoms with van der Waals surface area (Å²) in [6.45, 7) is 2.79. The van der Waals surface area contributed by atoms with E-state index in [1.807, 2.05) is 49.4 Å². The first kappa shape index (κ1) is 22.0. The number of para-hydroxylation sites is 1. The highest BCUT2D eigenvalue weighted by molar-refractivity contribution is 8.01. The summed E-state index contributed by atoms with van der Waals surface area (Å²) < 4.78 is 16.0. The highest BCUT2D eigenvalue weighted by Crippen LogP contribution is 2.36. The van der Waals surface area contributed by atoms with Gasteiger partial charge in [0.05, 0.1) is 30.7 Å². The molecule has 3 rings (SSSR count). The number of carbonyl (C=O) groups is 2. The summed E-state index contributed by atoms with van der Waals surface area (Å²) in [4.78, 5) is 25.9. The number of thioether (sulfide) groups is 1. The topological polar surface area (TPSA) is 85.9 Å². The molecule has 0 fully saturated rings. The van der Waals surface area contributed by atoms with Crippen LogP contribution in [0.1, 0.15) is 24.9 Å². The number of benzene rings is 2. The standard InChI is InChI=1S/C22H26N2O5S/c1-14(15-8-9-17(18(12-15)28-3)29-11-10-27-2)23-21(25)13-20-22(26)24-16-6-4-5-7-19(16)30-20/h4-9,12,14,20H,10-11,13H2,1-3H3,(H,23,25)(H,24,26). The molecule has 1 aliphatic heterocycles. The minimum atomic E-state index is -0.460. The zero-order chi connectivity index (χ0) is 21.5. The molecule has 1 aliphatic rings. The first-order valence-electron chi connectivity index (χ1n) is 9.67. The first-order valence-corrected chi connectivity index (χ1v) is 10.6. The lowest BCUT2D eigenvalue weighted by atomic mass is 10.1. The molecule has 2 aromatic rings. The Kier molecular flexibility index (Phi) is 7.59. The smallest absolute Gasteiger partial charge is 0.238 e. The molecule has 7 nitrogen and oxygen atoms in total. The average molecular weight is 431 g/mol. The zero-order valence-electron chi connectivity index (χ0n) is 17.3. The Morgan fingerprint density at radius 3 is 2.73 bits per heavy atom. The van der Waals surface area contributed by atoms with E-state index in [9.17, 15) is 9.59 Å².